The van der Waals surface area contributed by atoms with E-state index in [4.69, 9.17) is 16.0 Å². The molecule has 1 aliphatic rings. The van der Waals surface area contributed by atoms with Crippen LogP contribution in [0.3, 0.4) is 0 Å². The third kappa shape index (κ3) is 3.28. The molecule has 1 aromatic heterocycles. The third-order valence-electron chi connectivity index (χ3n) is 4.23. The maximum Gasteiger partial charge on any atom is 0.195 e. The van der Waals surface area contributed by atoms with Gasteiger partial charge in [-0.3, -0.25) is 0 Å². The molecule has 2 rings (SSSR count). The monoisotopic (exact) mass is 269 g/mol. The van der Waals surface area contributed by atoms with Gasteiger partial charge in [-0.1, -0.05) is 20.8 Å². The van der Waals surface area contributed by atoms with Crippen LogP contribution in [-0.2, 0) is 6.42 Å². The van der Waals surface area contributed by atoms with Crippen molar-refractivity contribution in [3.63, 3.8) is 0 Å². The zero-order valence-corrected chi connectivity index (χ0v) is 12.5. The molecule has 0 N–H and O–H groups in total. The van der Waals surface area contributed by atoms with E-state index in [1.165, 1.54) is 25.7 Å². The van der Waals surface area contributed by atoms with Gasteiger partial charge >= 0.3 is 0 Å². The molecule has 0 aliphatic heterocycles. The minimum absolute atomic E-state index is 0.441. The summed E-state index contributed by atoms with van der Waals surface area (Å²) >= 11 is 5.70. The summed E-state index contributed by atoms with van der Waals surface area (Å²) in [6, 6.07) is 0. The second-order valence-electron chi connectivity index (χ2n) is 6.51. The lowest BCUT2D eigenvalue weighted by atomic mass is 9.69. The fourth-order valence-corrected chi connectivity index (χ4v) is 3.12. The number of oxazole rings is 1. The number of aryl methyl sites for hydroxylation is 1. The van der Waals surface area contributed by atoms with Crippen LogP contribution in [0, 0.1) is 11.3 Å². The molecule has 0 unspecified atom stereocenters. The lowest BCUT2D eigenvalue weighted by Gasteiger charge is -2.36. The van der Waals surface area contributed by atoms with Crippen LogP contribution in [0.5, 0.6) is 0 Å². The second-order valence-corrected chi connectivity index (χ2v) is 6.89. The molecular formula is C15H24ClNO. The molecule has 3 heteroatoms. The van der Waals surface area contributed by atoms with Gasteiger partial charge in [-0.2, -0.15) is 0 Å². The molecule has 2 nitrogen and oxygen atoms in total. The SMILES string of the molecule is CC(C)(C)C1CCC(c2cnc(CCCl)o2)CC1. The molecule has 1 heterocycles. The van der Waals surface area contributed by atoms with Crippen molar-refractivity contribution >= 4 is 11.6 Å². The van der Waals surface area contributed by atoms with Gasteiger partial charge in [-0.15, -0.1) is 11.6 Å². The maximum atomic E-state index is 5.79. The highest BCUT2D eigenvalue weighted by molar-refractivity contribution is 6.17. The summed E-state index contributed by atoms with van der Waals surface area (Å²) in [6.45, 7) is 7.06. The molecule has 1 aliphatic carbocycles. The van der Waals surface area contributed by atoms with Gasteiger partial charge < -0.3 is 4.42 Å². The first-order chi connectivity index (χ1) is 8.50. The summed E-state index contributed by atoms with van der Waals surface area (Å²) in [6.07, 6.45) is 7.72. The van der Waals surface area contributed by atoms with Crippen molar-refractivity contribution in [1.82, 2.24) is 4.98 Å². The smallest absolute Gasteiger partial charge is 0.195 e. The molecule has 102 valence electrons. The van der Waals surface area contributed by atoms with E-state index in [-0.39, 0.29) is 0 Å². The normalized spacial score (nSPS) is 25.3. The number of nitrogens with zero attached hydrogens (tertiary/aromatic N) is 1. The van der Waals surface area contributed by atoms with E-state index in [0.717, 1.165) is 24.0 Å². The molecule has 0 aromatic carbocycles. The molecule has 1 saturated carbocycles. The van der Waals surface area contributed by atoms with Gasteiger partial charge in [0.1, 0.15) is 5.76 Å². The summed E-state index contributed by atoms with van der Waals surface area (Å²) in [7, 11) is 0. The van der Waals surface area contributed by atoms with E-state index in [1.54, 1.807) is 0 Å². The van der Waals surface area contributed by atoms with Gasteiger partial charge in [0, 0.05) is 18.2 Å². The number of halogens is 1. The third-order valence-corrected chi connectivity index (χ3v) is 4.42. The highest BCUT2D eigenvalue weighted by atomic mass is 35.5. The van der Waals surface area contributed by atoms with Crippen LogP contribution < -0.4 is 0 Å². The molecule has 1 aromatic rings. The van der Waals surface area contributed by atoms with Crippen molar-refractivity contribution in [2.45, 2.75) is 58.8 Å². The van der Waals surface area contributed by atoms with Crippen LogP contribution in [0.1, 0.15) is 64.0 Å². The van der Waals surface area contributed by atoms with E-state index in [2.05, 4.69) is 25.8 Å². The van der Waals surface area contributed by atoms with Crippen LogP contribution in [0.2, 0.25) is 0 Å². The Morgan fingerprint density at radius 2 is 1.94 bits per heavy atom. The van der Waals surface area contributed by atoms with Crippen molar-refractivity contribution in [3.8, 4) is 0 Å². The largest absolute Gasteiger partial charge is 0.445 e. The second kappa shape index (κ2) is 5.64. The van der Waals surface area contributed by atoms with E-state index in [0.29, 0.717) is 17.2 Å². The average Bonchev–Trinajstić information content (AvgIpc) is 2.77. The van der Waals surface area contributed by atoms with Crippen molar-refractivity contribution < 1.29 is 4.42 Å². The molecule has 0 bridgehead atoms. The zero-order valence-electron chi connectivity index (χ0n) is 11.7. The Morgan fingerprint density at radius 3 is 2.50 bits per heavy atom. The molecule has 1 fully saturated rings. The van der Waals surface area contributed by atoms with Crippen molar-refractivity contribution in [1.29, 1.82) is 0 Å². The molecule has 0 atom stereocenters. The summed E-state index contributed by atoms with van der Waals surface area (Å²) in [4.78, 5) is 4.30. The summed E-state index contributed by atoms with van der Waals surface area (Å²) in [5.41, 5.74) is 0.441. The predicted molar refractivity (Wildman–Crippen MR) is 75.1 cm³/mol. The topological polar surface area (TPSA) is 26.0 Å². The van der Waals surface area contributed by atoms with E-state index >= 15 is 0 Å². The number of hydrogen-bond donors (Lipinski definition) is 0. The maximum absolute atomic E-state index is 5.79. The first-order valence-corrected chi connectivity index (χ1v) is 7.54. The Labute approximate surface area is 115 Å². The lowest BCUT2D eigenvalue weighted by Crippen LogP contribution is -2.25. The fourth-order valence-electron chi connectivity index (χ4n) is 2.95. The van der Waals surface area contributed by atoms with Crippen LogP contribution >= 0.6 is 11.6 Å². The molecule has 0 saturated heterocycles. The number of alkyl halides is 1. The highest BCUT2D eigenvalue weighted by Gasteiger charge is 2.31. The molecular weight excluding hydrogens is 246 g/mol. The molecule has 0 amide bonds. The Morgan fingerprint density at radius 1 is 1.28 bits per heavy atom. The number of hydrogen-bond acceptors (Lipinski definition) is 2. The summed E-state index contributed by atoms with van der Waals surface area (Å²) < 4.78 is 5.79. The fraction of sp³-hybridized carbons (Fsp3) is 0.800. The van der Waals surface area contributed by atoms with Crippen LogP contribution in [0.15, 0.2) is 10.6 Å². The minimum atomic E-state index is 0.441. The quantitative estimate of drug-likeness (QED) is 0.739. The van der Waals surface area contributed by atoms with Gasteiger partial charge in [0.2, 0.25) is 0 Å². The van der Waals surface area contributed by atoms with Crippen molar-refractivity contribution in [2.24, 2.45) is 11.3 Å². The Bertz CT molecular complexity index is 372. The lowest BCUT2D eigenvalue weighted by molar-refractivity contribution is 0.163. The summed E-state index contributed by atoms with van der Waals surface area (Å²) in [5.74, 6) is 3.86. The Kier molecular flexibility index (Phi) is 4.37. The molecule has 18 heavy (non-hydrogen) atoms. The Hall–Kier alpha value is -0.500. The standard InChI is InChI=1S/C15H24ClNO/c1-15(2,3)12-6-4-11(5-7-12)13-10-17-14(18-13)8-9-16/h10-12H,4-9H2,1-3H3. The van der Waals surface area contributed by atoms with Crippen LogP contribution in [-0.4, -0.2) is 10.9 Å². The Balaban J connectivity index is 1.92. The number of rotatable bonds is 3. The zero-order chi connectivity index (χ0) is 13.2. The van der Waals surface area contributed by atoms with Gasteiger partial charge in [0.15, 0.2) is 5.89 Å². The summed E-state index contributed by atoms with van der Waals surface area (Å²) in [5, 5.41) is 0. The number of aromatic nitrogens is 1. The van der Waals surface area contributed by atoms with Crippen LogP contribution in [0.25, 0.3) is 0 Å². The van der Waals surface area contributed by atoms with E-state index < -0.39 is 0 Å². The molecule has 0 spiro atoms. The molecule has 0 radical (unpaired) electrons. The first-order valence-electron chi connectivity index (χ1n) is 7.01. The highest BCUT2D eigenvalue weighted by Crippen LogP contribution is 2.43. The van der Waals surface area contributed by atoms with Gasteiger partial charge in [0.25, 0.3) is 0 Å². The van der Waals surface area contributed by atoms with Crippen molar-refractivity contribution in [3.05, 3.63) is 17.8 Å². The van der Waals surface area contributed by atoms with Crippen molar-refractivity contribution in [2.75, 3.05) is 5.88 Å². The van der Waals surface area contributed by atoms with Gasteiger partial charge in [-0.05, 0) is 37.0 Å². The van der Waals surface area contributed by atoms with Gasteiger partial charge in [0.05, 0.1) is 6.20 Å². The van der Waals surface area contributed by atoms with Crippen LogP contribution in [0.4, 0.5) is 0 Å². The van der Waals surface area contributed by atoms with E-state index in [9.17, 15) is 0 Å². The first kappa shape index (κ1) is 13.9. The van der Waals surface area contributed by atoms with E-state index in [1.807, 2.05) is 6.20 Å². The van der Waals surface area contributed by atoms with Gasteiger partial charge in [-0.25, -0.2) is 4.98 Å². The average molecular weight is 270 g/mol. The minimum Gasteiger partial charge on any atom is -0.445 e. The predicted octanol–water partition coefficient (Wildman–Crippen LogP) is 4.78.